The smallest absolute Gasteiger partial charge is 0.0785 e. The predicted molar refractivity (Wildman–Crippen MR) is 65.6 cm³/mol. The molecular weight excluding hydrogens is 226 g/mol. The minimum atomic E-state index is -0.242. The zero-order chi connectivity index (χ0) is 12.0. The highest BCUT2D eigenvalue weighted by Gasteiger charge is 2.21. The fourth-order valence-corrected chi connectivity index (χ4v) is 1.63. The zero-order valence-electron chi connectivity index (χ0n) is 9.91. The van der Waals surface area contributed by atoms with Crippen molar-refractivity contribution in [2.24, 2.45) is 0 Å². The Morgan fingerprint density at radius 2 is 2.38 bits per heavy atom. The summed E-state index contributed by atoms with van der Waals surface area (Å²) in [6.07, 6.45) is 5.29. The summed E-state index contributed by atoms with van der Waals surface area (Å²) in [5.41, 5.74) is -0.242. The van der Waals surface area contributed by atoms with E-state index in [4.69, 9.17) is 11.6 Å². The summed E-state index contributed by atoms with van der Waals surface area (Å²) in [5, 5.41) is 17.5. The minimum Gasteiger partial charge on any atom is -0.394 e. The molecule has 0 aliphatic carbocycles. The number of aliphatic hydroxyl groups is 1. The third kappa shape index (κ3) is 4.12. The molecular formula is C11H20ClN3O. The predicted octanol–water partition coefficient (Wildman–Crippen LogP) is 1.68. The van der Waals surface area contributed by atoms with Crippen LogP contribution in [-0.2, 0) is 6.54 Å². The number of aromatic nitrogens is 2. The summed E-state index contributed by atoms with van der Waals surface area (Å²) >= 11 is 5.78. The highest BCUT2D eigenvalue weighted by atomic mass is 35.5. The van der Waals surface area contributed by atoms with Crippen molar-refractivity contribution in [2.75, 3.05) is 13.2 Å². The SMILES string of the molecule is CCCNC(C)(CO)CCn1cc(Cl)cn1. The van der Waals surface area contributed by atoms with Crippen LogP contribution in [0.15, 0.2) is 12.4 Å². The Morgan fingerprint density at radius 3 is 2.88 bits per heavy atom. The van der Waals surface area contributed by atoms with E-state index < -0.39 is 0 Å². The van der Waals surface area contributed by atoms with E-state index in [0.717, 1.165) is 25.9 Å². The van der Waals surface area contributed by atoms with Crippen LogP contribution in [-0.4, -0.2) is 33.6 Å². The summed E-state index contributed by atoms with van der Waals surface area (Å²) in [5.74, 6) is 0. The minimum absolute atomic E-state index is 0.127. The first kappa shape index (κ1) is 13.5. The van der Waals surface area contributed by atoms with Gasteiger partial charge in [-0.2, -0.15) is 5.10 Å². The van der Waals surface area contributed by atoms with Gasteiger partial charge in [-0.15, -0.1) is 0 Å². The molecule has 0 spiro atoms. The fourth-order valence-electron chi connectivity index (χ4n) is 1.47. The van der Waals surface area contributed by atoms with Crippen LogP contribution < -0.4 is 5.32 Å². The van der Waals surface area contributed by atoms with Gasteiger partial charge < -0.3 is 10.4 Å². The average molecular weight is 246 g/mol. The largest absolute Gasteiger partial charge is 0.394 e. The van der Waals surface area contributed by atoms with Gasteiger partial charge >= 0.3 is 0 Å². The highest BCUT2D eigenvalue weighted by Crippen LogP contribution is 2.12. The molecule has 1 aromatic heterocycles. The molecule has 0 fully saturated rings. The molecule has 0 aromatic carbocycles. The summed E-state index contributed by atoms with van der Waals surface area (Å²) in [6.45, 7) is 5.92. The third-order valence-corrected chi connectivity index (χ3v) is 2.84. The van der Waals surface area contributed by atoms with Crippen LogP contribution in [0, 0.1) is 0 Å². The van der Waals surface area contributed by atoms with Crippen molar-refractivity contribution >= 4 is 11.6 Å². The van der Waals surface area contributed by atoms with E-state index in [1.54, 1.807) is 17.1 Å². The molecule has 0 aliphatic heterocycles. The van der Waals surface area contributed by atoms with E-state index >= 15 is 0 Å². The summed E-state index contributed by atoms with van der Waals surface area (Å²) in [4.78, 5) is 0. The normalized spacial score (nSPS) is 15.0. The molecule has 4 nitrogen and oxygen atoms in total. The molecule has 1 heterocycles. The van der Waals surface area contributed by atoms with Gasteiger partial charge in [0.15, 0.2) is 0 Å². The Labute approximate surface area is 102 Å². The maximum Gasteiger partial charge on any atom is 0.0785 e. The maximum atomic E-state index is 9.38. The van der Waals surface area contributed by atoms with Crippen molar-refractivity contribution in [1.29, 1.82) is 0 Å². The molecule has 0 bridgehead atoms. The van der Waals surface area contributed by atoms with Gasteiger partial charge in [-0.05, 0) is 26.3 Å². The Hall–Kier alpha value is -0.580. The second kappa shape index (κ2) is 6.23. The van der Waals surface area contributed by atoms with Crippen LogP contribution in [0.3, 0.4) is 0 Å². The van der Waals surface area contributed by atoms with Crippen molar-refractivity contribution in [3.8, 4) is 0 Å². The Kier molecular flexibility index (Phi) is 5.25. The van der Waals surface area contributed by atoms with Crippen molar-refractivity contribution in [2.45, 2.75) is 38.8 Å². The van der Waals surface area contributed by atoms with Gasteiger partial charge in [-0.25, -0.2) is 0 Å². The quantitative estimate of drug-likeness (QED) is 0.769. The number of nitrogens with zero attached hydrogens (tertiary/aromatic N) is 2. The van der Waals surface area contributed by atoms with Gasteiger partial charge in [0.2, 0.25) is 0 Å². The molecule has 92 valence electrons. The van der Waals surface area contributed by atoms with E-state index in [1.165, 1.54) is 0 Å². The van der Waals surface area contributed by atoms with Crippen LogP contribution in [0.25, 0.3) is 0 Å². The summed E-state index contributed by atoms with van der Waals surface area (Å²) in [7, 11) is 0. The van der Waals surface area contributed by atoms with Crippen molar-refractivity contribution in [1.82, 2.24) is 15.1 Å². The molecule has 1 unspecified atom stereocenters. The second-order valence-corrected chi connectivity index (χ2v) is 4.75. The topological polar surface area (TPSA) is 50.1 Å². The molecule has 0 saturated heterocycles. The van der Waals surface area contributed by atoms with Gasteiger partial charge in [0.05, 0.1) is 17.8 Å². The van der Waals surface area contributed by atoms with E-state index in [9.17, 15) is 5.11 Å². The van der Waals surface area contributed by atoms with Crippen LogP contribution >= 0.6 is 11.6 Å². The van der Waals surface area contributed by atoms with E-state index in [2.05, 4.69) is 17.3 Å². The molecule has 0 amide bonds. The lowest BCUT2D eigenvalue weighted by atomic mass is 9.99. The van der Waals surface area contributed by atoms with E-state index in [1.807, 2.05) is 6.92 Å². The van der Waals surface area contributed by atoms with Gasteiger partial charge in [0.25, 0.3) is 0 Å². The number of nitrogens with one attached hydrogen (secondary N) is 1. The first-order chi connectivity index (χ1) is 7.59. The van der Waals surface area contributed by atoms with E-state index in [0.29, 0.717) is 5.02 Å². The molecule has 5 heteroatoms. The molecule has 1 aromatic rings. The molecule has 1 atom stereocenters. The number of hydrogen-bond donors (Lipinski definition) is 2. The summed E-state index contributed by atoms with van der Waals surface area (Å²) < 4.78 is 1.80. The van der Waals surface area contributed by atoms with Gasteiger partial charge in [0.1, 0.15) is 0 Å². The molecule has 0 saturated carbocycles. The second-order valence-electron chi connectivity index (χ2n) is 4.32. The average Bonchev–Trinajstić information content (AvgIpc) is 2.70. The lowest BCUT2D eigenvalue weighted by Gasteiger charge is -2.28. The lowest BCUT2D eigenvalue weighted by Crippen LogP contribution is -2.46. The van der Waals surface area contributed by atoms with Crippen LogP contribution in [0.5, 0.6) is 0 Å². The maximum absolute atomic E-state index is 9.38. The number of hydrogen-bond acceptors (Lipinski definition) is 3. The van der Waals surface area contributed by atoms with Crippen molar-refractivity contribution in [3.05, 3.63) is 17.4 Å². The Bertz CT molecular complexity index is 316. The van der Waals surface area contributed by atoms with Crippen molar-refractivity contribution < 1.29 is 5.11 Å². The monoisotopic (exact) mass is 245 g/mol. The number of rotatable bonds is 7. The van der Waals surface area contributed by atoms with Crippen LogP contribution in [0.2, 0.25) is 5.02 Å². The van der Waals surface area contributed by atoms with Crippen LogP contribution in [0.4, 0.5) is 0 Å². The van der Waals surface area contributed by atoms with Crippen molar-refractivity contribution in [3.63, 3.8) is 0 Å². The zero-order valence-corrected chi connectivity index (χ0v) is 10.7. The fraction of sp³-hybridized carbons (Fsp3) is 0.727. The first-order valence-electron chi connectivity index (χ1n) is 5.63. The molecule has 16 heavy (non-hydrogen) atoms. The van der Waals surface area contributed by atoms with E-state index in [-0.39, 0.29) is 12.1 Å². The standard InChI is InChI=1S/C11H20ClN3O/c1-3-5-13-11(2,9-16)4-6-15-8-10(12)7-14-15/h7-8,13,16H,3-6,9H2,1-2H3. The molecule has 0 radical (unpaired) electrons. The van der Waals surface area contributed by atoms with Crippen LogP contribution in [0.1, 0.15) is 26.7 Å². The number of halogens is 1. The highest BCUT2D eigenvalue weighted by molar-refractivity contribution is 6.30. The van der Waals surface area contributed by atoms with Gasteiger partial charge in [0, 0.05) is 18.3 Å². The Morgan fingerprint density at radius 1 is 1.62 bits per heavy atom. The van der Waals surface area contributed by atoms with Gasteiger partial charge in [-0.3, -0.25) is 4.68 Å². The summed E-state index contributed by atoms with van der Waals surface area (Å²) in [6, 6.07) is 0. The van der Waals surface area contributed by atoms with Gasteiger partial charge in [-0.1, -0.05) is 18.5 Å². The molecule has 2 N–H and O–H groups in total. The lowest BCUT2D eigenvalue weighted by molar-refractivity contribution is 0.160. The molecule has 1 rings (SSSR count). The number of aliphatic hydroxyl groups excluding tert-OH is 1. The first-order valence-corrected chi connectivity index (χ1v) is 6.01. The molecule has 0 aliphatic rings. The number of aryl methyl sites for hydroxylation is 1. The Balaban J connectivity index is 2.44. The third-order valence-electron chi connectivity index (χ3n) is 2.65.